The molecule has 0 aliphatic carbocycles. The number of benzene rings is 1. The lowest BCUT2D eigenvalue weighted by Crippen LogP contribution is -2.45. The van der Waals surface area contributed by atoms with Crippen LogP contribution in [0.4, 0.5) is 5.69 Å². The molecule has 0 spiro atoms. The topological polar surface area (TPSA) is 93.5 Å². The highest BCUT2D eigenvalue weighted by Gasteiger charge is 2.45. The van der Waals surface area contributed by atoms with E-state index in [0.29, 0.717) is 31.9 Å². The number of hydrogen-bond donors (Lipinski definition) is 1. The van der Waals surface area contributed by atoms with Crippen molar-refractivity contribution < 1.29 is 14.4 Å². The zero-order chi connectivity index (χ0) is 25.8. The Bertz CT molecular complexity index is 871. The average molecular weight is 495 g/mol. The number of amides is 3. The summed E-state index contributed by atoms with van der Waals surface area (Å²) in [4.78, 5) is 43.8. The van der Waals surface area contributed by atoms with Crippen molar-refractivity contribution in [1.29, 1.82) is 5.26 Å². The molecule has 2 saturated heterocycles. The Kier molecular flexibility index (Phi) is 10.8. The fraction of sp³-hybridized carbons (Fsp3) is 0.655. The van der Waals surface area contributed by atoms with E-state index in [1.165, 1.54) is 5.56 Å². The van der Waals surface area contributed by atoms with Crippen molar-refractivity contribution >= 4 is 23.4 Å². The lowest BCUT2D eigenvalue weighted by Gasteiger charge is -2.30. The minimum absolute atomic E-state index is 0.216. The van der Waals surface area contributed by atoms with E-state index < -0.39 is 11.3 Å². The van der Waals surface area contributed by atoms with E-state index in [9.17, 15) is 19.6 Å². The lowest BCUT2D eigenvalue weighted by atomic mass is 9.80. The number of likely N-dealkylation sites (tertiary alicyclic amines) is 2. The maximum atomic E-state index is 13.6. The second-order valence-electron chi connectivity index (χ2n) is 10.4. The second kappa shape index (κ2) is 14.0. The first-order chi connectivity index (χ1) is 17.5. The van der Waals surface area contributed by atoms with Crippen LogP contribution in [-0.4, -0.2) is 53.7 Å². The number of nitriles is 1. The number of carbonyl (C=O) groups is 3. The Labute approximate surface area is 216 Å². The van der Waals surface area contributed by atoms with Gasteiger partial charge in [0.05, 0.1) is 18.9 Å². The quantitative estimate of drug-likeness (QED) is 0.519. The molecule has 0 unspecified atom stereocenters. The van der Waals surface area contributed by atoms with Gasteiger partial charge in [-0.2, -0.15) is 5.26 Å². The fourth-order valence-corrected chi connectivity index (χ4v) is 5.12. The van der Waals surface area contributed by atoms with Gasteiger partial charge in [0.2, 0.25) is 17.7 Å². The molecule has 2 heterocycles. The minimum Gasteiger partial charge on any atom is -0.343 e. The van der Waals surface area contributed by atoms with Gasteiger partial charge in [0.25, 0.3) is 0 Å². The van der Waals surface area contributed by atoms with Gasteiger partial charge < -0.3 is 15.1 Å². The molecule has 0 aromatic heterocycles. The van der Waals surface area contributed by atoms with Crippen molar-refractivity contribution in [2.24, 2.45) is 5.41 Å². The molecule has 1 aromatic rings. The van der Waals surface area contributed by atoms with E-state index in [-0.39, 0.29) is 24.7 Å². The predicted molar refractivity (Wildman–Crippen MR) is 141 cm³/mol. The van der Waals surface area contributed by atoms with Gasteiger partial charge in [-0.25, -0.2) is 0 Å². The van der Waals surface area contributed by atoms with Crippen molar-refractivity contribution in [3.8, 4) is 6.07 Å². The van der Waals surface area contributed by atoms with E-state index in [1.807, 2.05) is 24.3 Å². The van der Waals surface area contributed by atoms with E-state index in [1.54, 1.807) is 9.80 Å². The molecule has 3 rings (SSSR count). The van der Waals surface area contributed by atoms with Crippen LogP contribution in [0.2, 0.25) is 0 Å². The monoisotopic (exact) mass is 494 g/mol. The SMILES string of the molecule is CCCCc1ccc(NC(=O)C(C#N)(CC(=O)N2CCCCCC2)CC(=O)N2CCCCCC2)cc1. The Morgan fingerprint density at radius 1 is 0.833 bits per heavy atom. The van der Waals surface area contributed by atoms with Gasteiger partial charge in [0.1, 0.15) is 0 Å². The zero-order valence-corrected chi connectivity index (χ0v) is 21.9. The van der Waals surface area contributed by atoms with Gasteiger partial charge in [0.15, 0.2) is 5.41 Å². The number of anilines is 1. The van der Waals surface area contributed by atoms with Crippen LogP contribution in [0.5, 0.6) is 0 Å². The number of unbranched alkanes of at least 4 members (excludes halogenated alkanes) is 1. The average Bonchev–Trinajstić information content (AvgIpc) is 3.34. The fourth-order valence-electron chi connectivity index (χ4n) is 5.12. The molecule has 2 aliphatic heterocycles. The van der Waals surface area contributed by atoms with Crippen LogP contribution in [0.3, 0.4) is 0 Å². The maximum absolute atomic E-state index is 13.6. The van der Waals surface area contributed by atoms with Crippen LogP contribution in [0, 0.1) is 16.7 Å². The number of rotatable bonds is 9. The van der Waals surface area contributed by atoms with Crippen molar-refractivity contribution in [2.75, 3.05) is 31.5 Å². The van der Waals surface area contributed by atoms with Crippen LogP contribution >= 0.6 is 0 Å². The zero-order valence-electron chi connectivity index (χ0n) is 21.9. The molecule has 0 radical (unpaired) electrons. The second-order valence-corrected chi connectivity index (χ2v) is 10.4. The molecular formula is C29H42N4O3. The smallest absolute Gasteiger partial charge is 0.245 e. The van der Waals surface area contributed by atoms with Gasteiger partial charge in [0, 0.05) is 31.9 Å². The number of nitrogens with one attached hydrogen (secondary N) is 1. The number of aryl methyl sites for hydroxylation is 1. The highest BCUT2D eigenvalue weighted by atomic mass is 16.2. The van der Waals surface area contributed by atoms with E-state index in [4.69, 9.17) is 0 Å². The highest BCUT2D eigenvalue weighted by Crippen LogP contribution is 2.31. The van der Waals surface area contributed by atoms with E-state index in [2.05, 4.69) is 18.3 Å². The summed E-state index contributed by atoms with van der Waals surface area (Å²) in [5.74, 6) is -1.00. The summed E-state index contributed by atoms with van der Waals surface area (Å²) < 4.78 is 0. The third kappa shape index (κ3) is 7.81. The molecule has 0 bridgehead atoms. The van der Waals surface area contributed by atoms with Crippen LogP contribution in [0.15, 0.2) is 24.3 Å². The minimum atomic E-state index is -1.74. The molecule has 2 fully saturated rings. The molecule has 196 valence electrons. The number of nitrogens with zero attached hydrogens (tertiary/aromatic N) is 3. The summed E-state index contributed by atoms with van der Waals surface area (Å²) in [6, 6.07) is 9.75. The Hall–Kier alpha value is -2.88. The predicted octanol–water partition coefficient (Wildman–Crippen LogP) is 5.06. The first-order valence-electron chi connectivity index (χ1n) is 13.8. The number of hydrogen-bond acceptors (Lipinski definition) is 4. The van der Waals surface area contributed by atoms with Crippen LogP contribution in [0.25, 0.3) is 0 Å². The Morgan fingerprint density at radius 2 is 1.31 bits per heavy atom. The molecule has 0 saturated carbocycles. The van der Waals surface area contributed by atoms with E-state index in [0.717, 1.165) is 70.6 Å². The lowest BCUT2D eigenvalue weighted by molar-refractivity contribution is -0.141. The van der Waals surface area contributed by atoms with Crippen molar-refractivity contribution in [3.63, 3.8) is 0 Å². The number of carbonyl (C=O) groups excluding carboxylic acids is 3. The summed E-state index contributed by atoms with van der Waals surface area (Å²) in [6.45, 7) is 4.71. The van der Waals surface area contributed by atoms with Crippen LogP contribution in [-0.2, 0) is 20.8 Å². The summed E-state index contributed by atoms with van der Waals surface area (Å²) in [5, 5.41) is 13.2. The highest BCUT2D eigenvalue weighted by molar-refractivity contribution is 6.02. The van der Waals surface area contributed by atoms with Crippen LogP contribution < -0.4 is 5.32 Å². The molecule has 1 aromatic carbocycles. The molecule has 2 aliphatic rings. The van der Waals surface area contributed by atoms with Gasteiger partial charge in [-0.1, -0.05) is 51.2 Å². The maximum Gasteiger partial charge on any atom is 0.245 e. The van der Waals surface area contributed by atoms with Crippen molar-refractivity contribution in [1.82, 2.24) is 9.80 Å². The van der Waals surface area contributed by atoms with Gasteiger partial charge >= 0.3 is 0 Å². The van der Waals surface area contributed by atoms with Gasteiger partial charge in [-0.15, -0.1) is 0 Å². The third-order valence-electron chi connectivity index (χ3n) is 7.50. The first-order valence-corrected chi connectivity index (χ1v) is 13.8. The van der Waals surface area contributed by atoms with Crippen molar-refractivity contribution in [2.45, 2.75) is 90.4 Å². The Balaban J connectivity index is 1.80. The molecule has 3 amide bonds. The first kappa shape index (κ1) is 27.7. The Morgan fingerprint density at radius 3 is 1.72 bits per heavy atom. The standard InChI is InChI=1S/C29H42N4O3/c1-2-3-12-24-13-15-25(16-14-24)31-28(36)29(23-30,21-26(34)32-17-8-4-5-9-18-32)22-27(35)33-19-10-6-7-11-20-33/h13-16H,2-12,17-22H2,1H3,(H,31,36). The van der Waals surface area contributed by atoms with Crippen LogP contribution in [0.1, 0.15) is 89.5 Å². The molecular weight excluding hydrogens is 452 g/mol. The molecule has 7 heteroatoms. The largest absolute Gasteiger partial charge is 0.343 e. The summed E-state index contributed by atoms with van der Waals surface area (Å²) in [6.07, 6.45) is 10.6. The van der Waals surface area contributed by atoms with E-state index >= 15 is 0 Å². The summed E-state index contributed by atoms with van der Waals surface area (Å²) in [7, 11) is 0. The molecule has 1 N–H and O–H groups in total. The summed E-state index contributed by atoms with van der Waals surface area (Å²) in [5.41, 5.74) is 0.0200. The molecule has 36 heavy (non-hydrogen) atoms. The molecule has 7 nitrogen and oxygen atoms in total. The van der Waals surface area contributed by atoms with Gasteiger partial charge in [-0.05, 0) is 56.2 Å². The summed E-state index contributed by atoms with van der Waals surface area (Å²) >= 11 is 0. The van der Waals surface area contributed by atoms with Gasteiger partial charge in [-0.3, -0.25) is 14.4 Å². The normalized spacial score (nSPS) is 17.0. The van der Waals surface area contributed by atoms with Crippen molar-refractivity contribution in [3.05, 3.63) is 29.8 Å². The molecule has 0 atom stereocenters. The third-order valence-corrected chi connectivity index (χ3v) is 7.50.